The number of hydrogen-bond donors (Lipinski definition) is 2. The van der Waals surface area contributed by atoms with Gasteiger partial charge in [0.05, 0.1) is 11.1 Å². The van der Waals surface area contributed by atoms with Crippen LogP contribution in [0.3, 0.4) is 0 Å². The molecule has 1 aromatic heterocycles. The Hall–Kier alpha value is -2.46. The second kappa shape index (κ2) is 10.2. The third kappa shape index (κ3) is 6.27. The first-order valence-corrected chi connectivity index (χ1v) is 11.1. The number of nitrogens with zero attached hydrogens (tertiary/aromatic N) is 2. The summed E-state index contributed by atoms with van der Waals surface area (Å²) in [4.78, 5) is 31.0. The maximum atomic E-state index is 13.1. The van der Waals surface area contributed by atoms with Gasteiger partial charge in [0.2, 0.25) is 0 Å². The Morgan fingerprint density at radius 2 is 2.00 bits per heavy atom. The van der Waals surface area contributed by atoms with Crippen LogP contribution in [-0.2, 0) is 6.18 Å². The number of rotatable bonds is 7. The summed E-state index contributed by atoms with van der Waals surface area (Å²) in [6.45, 7) is 4.72. The van der Waals surface area contributed by atoms with Crippen molar-refractivity contribution in [2.24, 2.45) is 0 Å². The molecule has 0 unspecified atom stereocenters. The lowest BCUT2D eigenvalue weighted by molar-refractivity contribution is -0.137. The molecule has 0 saturated carbocycles. The van der Waals surface area contributed by atoms with Gasteiger partial charge in [-0.3, -0.25) is 14.9 Å². The van der Waals surface area contributed by atoms with Crippen molar-refractivity contribution >= 4 is 28.3 Å². The Labute approximate surface area is 182 Å². The molecule has 168 valence electrons. The molecule has 10 heteroatoms. The van der Waals surface area contributed by atoms with E-state index in [1.54, 1.807) is 0 Å². The minimum absolute atomic E-state index is 0.0641. The quantitative estimate of drug-likeness (QED) is 0.608. The minimum Gasteiger partial charge on any atom is -0.351 e. The van der Waals surface area contributed by atoms with Gasteiger partial charge in [-0.2, -0.15) is 13.2 Å². The van der Waals surface area contributed by atoms with Crippen LogP contribution in [0.1, 0.15) is 59.0 Å². The summed E-state index contributed by atoms with van der Waals surface area (Å²) in [5, 5.41) is 6.67. The van der Waals surface area contributed by atoms with Crippen LogP contribution in [0.5, 0.6) is 0 Å². The lowest BCUT2D eigenvalue weighted by atomic mass is 10.0. The monoisotopic (exact) mass is 454 g/mol. The van der Waals surface area contributed by atoms with Gasteiger partial charge in [-0.05, 0) is 44.9 Å². The van der Waals surface area contributed by atoms with E-state index in [4.69, 9.17) is 0 Å². The molecular weight excluding hydrogens is 429 g/mol. The van der Waals surface area contributed by atoms with Crippen LogP contribution in [0.2, 0.25) is 0 Å². The number of carbonyl (C=O) groups is 2. The maximum Gasteiger partial charge on any atom is 0.417 e. The number of carbonyl (C=O) groups excluding carboxylic acids is 2. The molecule has 0 bridgehead atoms. The SMILES string of the molecule is C[C@@H]1CCCCN1CCCNC(=O)c1csc(NC(=O)c2ccccc2C(F)(F)F)n1. The Balaban J connectivity index is 1.51. The number of anilines is 1. The number of thiazole rings is 1. The summed E-state index contributed by atoms with van der Waals surface area (Å²) < 4.78 is 39.3. The first kappa shape index (κ1) is 23.2. The van der Waals surface area contributed by atoms with Crippen molar-refractivity contribution in [3.8, 4) is 0 Å². The molecule has 0 spiro atoms. The number of piperidine rings is 1. The Kier molecular flexibility index (Phi) is 7.66. The largest absolute Gasteiger partial charge is 0.417 e. The summed E-state index contributed by atoms with van der Waals surface area (Å²) in [5.74, 6) is -1.30. The molecule has 1 fully saturated rings. The van der Waals surface area contributed by atoms with Gasteiger partial charge < -0.3 is 10.2 Å². The number of halogens is 3. The number of aromatic nitrogens is 1. The summed E-state index contributed by atoms with van der Waals surface area (Å²) in [6, 6.07) is 5.09. The van der Waals surface area contributed by atoms with Crippen LogP contribution >= 0.6 is 11.3 Å². The molecule has 0 radical (unpaired) electrons. The van der Waals surface area contributed by atoms with Crippen molar-refractivity contribution < 1.29 is 22.8 Å². The van der Waals surface area contributed by atoms with Gasteiger partial charge >= 0.3 is 6.18 Å². The molecule has 1 aromatic carbocycles. The fraction of sp³-hybridized carbons (Fsp3) is 0.476. The van der Waals surface area contributed by atoms with E-state index in [2.05, 4.69) is 27.4 Å². The van der Waals surface area contributed by atoms with E-state index in [0.29, 0.717) is 12.6 Å². The average molecular weight is 455 g/mol. The van der Waals surface area contributed by atoms with Crippen LogP contribution in [0.15, 0.2) is 29.6 Å². The van der Waals surface area contributed by atoms with Gasteiger partial charge in [0, 0.05) is 24.5 Å². The van der Waals surface area contributed by atoms with E-state index < -0.39 is 23.2 Å². The summed E-state index contributed by atoms with van der Waals surface area (Å²) >= 11 is 0.983. The molecular formula is C21H25F3N4O2S. The van der Waals surface area contributed by atoms with Gasteiger partial charge in [-0.15, -0.1) is 11.3 Å². The van der Waals surface area contributed by atoms with Crippen LogP contribution < -0.4 is 10.6 Å². The molecule has 2 amide bonds. The van der Waals surface area contributed by atoms with E-state index in [1.165, 1.54) is 36.8 Å². The zero-order chi connectivity index (χ0) is 22.4. The summed E-state index contributed by atoms with van der Waals surface area (Å²) in [5.41, 5.74) is -1.40. The lowest BCUT2D eigenvalue weighted by Gasteiger charge is -2.33. The Morgan fingerprint density at radius 1 is 1.23 bits per heavy atom. The third-order valence-electron chi connectivity index (χ3n) is 5.28. The topological polar surface area (TPSA) is 74.3 Å². The second-order valence-corrected chi connectivity index (χ2v) is 8.38. The molecule has 6 nitrogen and oxygen atoms in total. The van der Waals surface area contributed by atoms with Crippen LogP contribution in [0.25, 0.3) is 0 Å². The fourth-order valence-electron chi connectivity index (χ4n) is 3.59. The predicted molar refractivity (Wildman–Crippen MR) is 113 cm³/mol. The molecule has 1 atom stereocenters. The minimum atomic E-state index is -4.64. The van der Waals surface area contributed by atoms with E-state index in [1.807, 2.05) is 0 Å². The highest BCUT2D eigenvalue weighted by atomic mass is 32.1. The second-order valence-electron chi connectivity index (χ2n) is 7.53. The molecule has 1 aliphatic rings. The molecule has 2 aromatic rings. The van der Waals surface area contributed by atoms with Crippen LogP contribution in [-0.4, -0.2) is 47.4 Å². The van der Waals surface area contributed by atoms with Crippen molar-refractivity contribution in [3.63, 3.8) is 0 Å². The van der Waals surface area contributed by atoms with E-state index >= 15 is 0 Å². The highest BCUT2D eigenvalue weighted by Crippen LogP contribution is 2.32. The number of likely N-dealkylation sites (tertiary alicyclic amines) is 1. The molecule has 2 N–H and O–H groups in total. The number of alkyl halides is 3. The van der Waals surface area contributed by atoms with E-state index in [0.717, 1.165) is 43.0 Å². The number of hydrogen-bond acceptors (Lipinski definition) is 5. The van der Waals surface area contributed by atoms with Gasteiger partial charge in [0.15, 0.2) is 5.13 Å². The van der Waals surface area contributed by atoms with Crippen molar-refractivity contribution in [3.05, 3.63) is 46.5 Å². The van der Waals surface area contributed by atoms with Crippen molar-refractivity contribution in [2.75, 3.05) is 25.0 Å². The normalized spacial score (nSPS) is 17.4. The van der Waals surface area contributed by atoms with Crippen molar-refractivity contribution in [1.29, 1.82) is 0 Å². The molecule has 2 heterocycles. The number of benzene rings is 1. The predicted octanol–water partition coefficient (Wildman–Crippen LogP) is 4.41. The molecule has 1 saturated heterocycles. The summed E-state index contributed by atoms with van der Waals surface area (Å²) in [7, 11) is 0. The molecule has 0 aliphatic carbocycles. The highest BCUT2D eigenvalue weighted by Gasteiger charge is 2.35. The van der Waals surface area contributed by atoms with Gasteiger partial charge in [0.1, 0.15) is 5.69 Å². The van der Waals surface area contributed by atoms with Gasteiger partial charge in [-0.25, -0.2) is 4.98 Å². The maximum absolute atomic E-state index is 13.1. The summed E-state index contributed by atoms with van der Waals surface area (Å²) in [6.07, 6.45) is -0.157. The number of amides is 2. The van der Waals surface area contributed by atoms with Gasteiger partial charge in [0.25, 0.3) is 11.8 Å². The molecule has 31 heavy (non-hydrogen) atoms. The standard InChI is InChI=1S/C21H25F3N4O2S/c1-14-7-4-5-11-28(14)12-6-10-25-19(30)17-13-31-20(26-17)27-18(29)15-8-2-3-9-16(15)21(22,23)24/h2-3,8-9,13-14H,4-7,10-12H2,1H3,(H,25,30)(H,26,27,29)/t14-/m1/s1. The average Bonchev–Trinajstić information content (AvgIpc) is 3.20. The zero-order valence-corrected chi connectivity index (χ0v) is 18.0. The zero-order valence-electron chi connectivity index (χ0n) is 17.2. The first-order valence-electron chi connectivity index (χ1n) is 10.2. The fourth-order valence-corrected chi connectivity index (χ4v) is 4.28. The third-order valence-corrected chi connectivity index (χ3v) is 6.04. The van der Waals surface area contributed by atoms with Crippen LogP contribution in [0.4, 0.5) is 18.3 Å². The molecule has 3 rings (SSSR count). The first-order chi connectivity index (χ1) is 14.8. The highest BCUT2D eigenvalue weighted by molar-refractivity contribution is 7.14. The Morgan fingerprint density at radius 3 is 2.74 bits per heavy atom. The Bertz CT molecular complexity index is 916. The van der Waals surface area contributed by atoms with Gasteiger partial charge in [-0.1, -0.05) is 18.6 Å². The molecule has 1 aliphatic heterocycles. The van der Waals surface area contributed by atoms with E-state index in [-0.39, 0.29) is 16.7 Å². The van der Waals surface area contributed by atoms with Crippen molar-refractivity contribution in [1.82, 2.24) is 15.2 Å². The smallest absolute Gasteiger partial charge is 0.351 e. The van der Waals surface area contributed by atoms with Crippen LogP contribution in [0, 0.1) is 0 Å². The van der Waals surface area contributed by atoms with Crippen molar-refractivity contribution in [2.45, 2.75) is 44.8 Å². The number of nitrogens with one attached hydrogen (secondary N) is 2. The lowest BCUT2D eigenvalue weighted by Crippen LogP contribution is -2.39. The van der Waals surface area contributed by atoms with E-state index in [9.17, 15) is 22.8 Å².